The van der Waals surface area contributed by atoms with Gasteiger partial charge in [0.2, 0.25) is 0 Å². The van der Waals surface area contributed by atoms with Gasteiger partial charge in [-0.25, -0.2) is 4.98 Å². The van der Waals surface area contributed by atoms with Crippen LogP contribution in [0.1, 0.15) is 17.7 Å². The largest absolute Gasteiger partial charge is 0.298 e. The van der Waals surface area contributed by atoms with Gasteiger partial charge in [0, 0.05) is 18.0 Å². The molecule has 2 aromatic carbocycles. The van der Waals surface area contributed by atoms with Gasteiger partial charge in [-0.15, -0.1) is 11.3 Å². The molecule has 0 aliphatic heterocycles. The molecule has 0 fully saturated rings. The van der Waals surface area contributed by atoms with E-state index < -0.39 is 5.25 Å². The molecule has 0 aliphatic rings. The van der Waals surface area contributed by atoms with Gasteiger partial charge in [-0.1, -0.05) is 72.4 Å². The quantitative estimate of drug-likeness (QED) is 0.342. The van der Waals surface area contributed by atoms with Crippen LogP contribution in [0, 0.1) is 0 Å². The van der Waals surface area contributed by atoms with Gasteiger partial charge >= 0.3 is 0 Å². The van der Waals surface area contributed by atoms with Crippen LogP contribution in [0.3, 0.4) is 0 Å². The molecule has 0 N–H and O–H groups in total. The van der Waals surface area contributed by atoms with Gasteiger partial charge in [0.1, 0.15) is 10.6 Å². The standard InChI is InChI=1S/C22H18N2O2S2/c1-14(25)19(16-11-7-4-8-12-16)28-22-23-20-18(21(26)24(22)2)17(13-27-20)15-9-5-3-6-10-15/h3-13,19H,1-2H3. The summed E-state index contributed by atoms with van der Waals surface area (Å²) in [4.78, 5) is 30.8. The summed E-state index contributed by atoms with van der Waals surface area (Å²) in [7, 11) is 1.71. The summed E-state index contributed by atoms with van der Waals surface area (Å²) in [6.45, 7) is 1.57. The number of thioether (sulfide) groups is 1. The highest BCUT2D eigenvalue weighted by Gasteiger charge is 2.22. The summed E-state index contributed by atoms with van der Waals surface area (Å²) in [5.74, 6) is 0.0294. The van der Waals surface area contributed by atoms with Crippen LogP contribution in [-0.2, 0) is 11.8 Å². The van der Waals surface area contributed by atoms with Crippen LogP contribution < -0.4 is 5.56 Å². The number of carbonyl (C=O) groups excluding carboxylic acids is 1. The molecule has 28 heavy (non-hydrogen) atoms. The topological polar surface area (TPSA) is 52.0 Å². The highest BCUT2D eigenvalue weighted by Crippen LogP contribution is 2.37. The van der Waals surface area contributed by atoms with Gasteiger partial charge in [-0.3, -0.25) is 14.2 Å². The zero-order valence-electron chi connectivity index (χ0n) is 15.5. The van der Waals surface area contributed by atoms with Crippen molar-refractivity contribution in [2.45, 2.75) is 17.3 Å². The van der Waals surface area contributed by atoms with Crippen molar-refractivity contribution >= 4 is 39.1 Å². The molecule has 2 aromatic heterocycles. The number of thiophene rings is 1. The highest BCUT2D eigenvalue weighted by atomic mass is 32.2. The van der Waals surface area contributed by atoms with Gasteiger partial charge in [-0.2, -0.15) is 0 Å². The Kier molecular flexibility index (Phi) is 5.15. The number of hydrogen-bond acceptors (Lipinski definition) is 5. The molecule has 0 bridgehead atoms. The number of nitrogens with zero attached hydrogens (tertiary/aromatic N) is 2. The third-order valence-electron chi connectivity index (χ3n) is 4.55. The molecule has 0 saturated carbocycles. The summed E-state index contributed by atoms with van der Waals surface area (Å²) in [5.41, 5.74) is 2.71. The molecular formula is C22H18N2O2S2. The Labute approximate surface area is 170 Å². The van der Waals surface area contributed by atoms with Gasteiger partial charge in [0.25, 0.3) is 5.56 Å². The molecule has 0 amide bonds. The molecule has 140 valence electrons. The monoisotopic (exact) mass is 406 g/mol. The second-order valence-corrected chi connectivity index (χ2v) is 8.40. The Morgan fingerprint density at radius 3 is 2.36 bits per heavy atom. The fourth-order valence-electron chi connectivity index (χ4n) is 3.11. The Morgan fingerprint density at radius 1 is 1.07 bits per heavy atom. The average molecular weight is 407 g/mol. The van der Waals surface area contributed by atoms with Crippen LogP contribution in [0.25, 0.3) is 21.3 Å². The lowest BCUT2D eigenvalue weighted by Crippen LogP contribution is -2.20. The van der Waals surface area contributed by atoms with Crippen molar-refractivity contribution in [3.63, 3.8) is 0 Å². The van der Waals surface area contributed by atoms with Crippen molar-refractivity contribution in [3.8, 4) is 11.1 Å². The first-order valence-corrected chi connectivity index (χ1v) is 10.6. The van der Waals surface area contributed by atoms with Gasteiger partial charge in [0.05, 0.1) is 10.6 Å². The Morgan fingerprint density at radius 2 is 1.71 bits per heavy atom. The molecule has 0 spiro atoms. The molecule has 0 radical (unpaired) electrons. The van der Waals surface area contributed by atoms with Crippen LogP contribution in [0.2, 0.25) is 0 Å². The van der Waals surface area contributed by atoms with Crippen molar-refractivity contribution in [1.29, 1.82) is 0 Å². The molecule has 4 aromatic rings. The Hall–Kier alpha value is -2.70. The van der Waals surface area contributed by atoms with E-state index in [1.165, 1.54) is 23.1 Å². The maximum Gasteiger partial charge on any atom is 0.263 e. The van der Waals surface area contributed by atoms with Crippen molar-refractivity contribution in [2.24, 2.45) is 7.05 Å². The fourth-order valence-corrected chi connectivity index (χ4v) is 5.16. The first-order valence-electron chi connectivity index (χ1n) is 8.82. The molecule has 0 saturated heterocycles. The lowest BCUT2D eigenvalue weighted by Gasteiger charge is -2.15. The van der Waals surface area contributed by atoms with Gasteiger partial charge < -0.3 is 0 Å². The zero-order chi connectivity index (χ0) is 19.7. The van der Waals surface area contributed by atoms with Crippen molar-refractivity contribution in [1.82, 2.24) is 9.55 Å². The average Bonchev–Trinajstić information content (AvgIpc) is 3.14. The number of ketones is 1. The van der Waals surface area contributed by atoms with E-state index in [0.717, 1.165) is 16.7 Å². The van der Waals surface area contributed by atoms with Crippen molar-refractivity contribution in [2.75, 3.05) is 0 Å². The SMILES string of the molecule is CC(=O)C(Sc1nc2scc(-c3ccccc3)c2c(=O)n1C)c1ccccc1. The molecular weight excluding hydrogens is 388 g/mol. The van der Waals surface area contributed by atoms with E-state index in [4.69, 9.17) is 4.98 Å². The van der Waals surface area contributed by atoms with E-state index in [0.29, 0.717) is 15.4 Å². The molecule has 4 nitrogen and oxygen atoms in total. The number of Topliss-reactive ketones (excluding diaryl/α,β-unsaturated/α-hetero) is 1. The molecule has 6 heteroatoms. The van der Waals surface area contributed by atoms with Crippen LogP contribution in [0.5, 0.6) is 0 Å². The normalized spacial score (nSPS) is 12.2. The van der Waals surface area contributed by atoms with Gasteiger partial charge in [0.15, 0.2) is 5.16 Å². The van der Waals surface area contributed by atoms with Crippen molar-refractivity contribution < 1.29 is 4.79 Å². The van der Waals surface area contributed by atoms with E-state index in [1.54, 1.807) is 18.5 Å². The minimum absolute atomic E-state index is 0.0294. The number of carbonyl (C=O) groups is 1. The number of benzene rings is 2. The maximum absolute atomic E-state index is 13.1. The summed E-state index contributed by atoms with van der Waals surface area (Å²) < 4.78 is 1.55. The maximum atomic E-state index is 13.1. The lowest BCUT2D eigenvalue weighted by atomic mass is 10.1. The fraction of sp³-hybridized carbons (Fsp3) is 0.136. The number of hydrogen-bond donors (Lipinski definition) is 0. The predicted octanol–water partition coefficient (Wildman–Crippen LogP) is 5.08. The molecule has 1 atom stereocenters. The molecule has 2 heterocycles. The van der Waals surface area contributed by atoms with Crippen molar-refractivity contribution in [3.05, 3.63) is 82.0 Å². The first kappa shape index (κ1) is 18.7. The highest BCUT2D eigenvalue weighted by molar-refractivity contribution is 8.00. The minimum Gasteiger partial charge on any atom is -0.298 e. The molecule has 4 rings (SSSR count). The summed E-state index contributed by atoms with van der Waals surface area (Å²) in [6.07, 6.45) is 0. The second kappa shape index (κ2) is 7.73. The van der Waals surface area contributed by atoms with Crippen LogP contribution in [0.15, 0.2) is 76.0 Å². The number of fused-ring (bicyclic) bond motifs is 1. The molecule has 0 aliphatic carbocycles. The first-order chi connectivity index (χ1) is 13.6. The van der Waals surface area contributed by atoms with E-state index in [-0.39, 0.29) is 11.3 Å². The number of rotatable bonds is 5. The molecule has 1 unspecified atom stereocenters. The van der Waals surface area contributed by atoms with Crippen LogP contribution in [0.4, 0.5) is 0 Å². The summed E-state index contributed by atoms with van der Waals surface area (Å²) in [5, 5.41) is 2.75. The van der Waals surface area contributed by atoms with E-state index >= 15 is 0 Å². The number of aromatic nitrogens is 2. The second-order valence-electron chi connectivity index (χ2n) is 6.47. The summed E-state index contributed by atoms with van der Waals surface area (Å²) in [6, 6.07) is 19.4. The smallest absolute Gasteiger partial charge is 0.263 e. The van der Waals surface area contributed by atoms with E-state index in [2.05, 4.69) is 0 Å². The van der Waals surface area contributed by atoms with Gasteiger partial charge in [-0.05, 0) is 18.1 Å². The lowest BCUT2D eigenvalue weighted by molar-refractivity contribution is -0.116. The third kappa shape index (κ3) is 3.41. The predicted molar refractivity (Wildman–Crippen MR) is 116 cm³/mol. The minimum atomic E-state index is -0.398. The van der Waals surface area contributed by atoms with E-state index in [9.17, 15) is 9.59 Å². The Balaban J connectivity index is 1.80. The van der Waals surface area contributed by atoms with Crippen LogP contribution >= 0.6 is 23.1 Å². The zero-order valence-corrected chi connectivity index (χ0v) is 17.1. The Bertz CT molecular complexity index is 1200. The third-order valence-corrected chi connectivity index (χ3v) is 6.84. The summed E-state index contributed by atoms with van der Waals surface area (Å²) >= 11 is 2.77. The van der Waals surface area contributed by atoms with Crippen LogP contribution in [-0.4, -0.2) is 15.3 Å². The van der Waals surface area contributed by atoms with E-state index in [1.807, 2.05) is 66.0 Å².